The van der Waals surface area contributed by atoms with Gasteiger partial charge in [-0.25, -0.2) is 4.79 Å². The first kappa shape index (κ1) is 96.4. The minimum atomic E-state index is -1.93. The van der Waals surface area contributed by atoms with Gasteiger partial charge in [0.15, 0.2) is 0 Å². The van der Waals surface area contributed by atoms with Crippen molar-refractivity contribution in [2.24, 2.45) is 52.3 Å². The van der Waals surface area contributed by atoms with Gasteiger partial charge in [-0.3, -0.25) is 67.1 Å². The fourth-order valence-electron chi connectivity index (χ4n) is 11.0. The molecule has 0 heterocycles. The highest BCUT2D eigenvalue weighted by Gasteiger charge is 2.39. The zero-order valence-corrected chi connectivity index (χ0v) is 64.5. The van der Waals surface area contributed by atoms with Crippen molar-refractivity contribution in [1.29, 1.82) is 0 Å². The molecule has 0 aromatic heterocycles. The van der Waals surface area contributed by atoms with Crippen molar-refractivity contribution in [2.75, 3.05) is 38.2 Å². The van der Waals surface area contributed by atoms with E-state index < -0.39 is 205 Å². The number of nitrogens with one attached hydrogen (secondary N) is 12. The van der Waals surface area contributed by atoms with Crippen LogP contribution in [0.2, 0.25) is 0 Å². The van der Waals surface area contributed by atoms with Gasteiger partial charge in [0.25, 0.3) is 0 Å². The Labute approximate surface area is 631 Å². The number of rotatable bonds is 56. The van der Waals surface area contributed by atoms with Gasteiger partial charge < -0.3 is 108 Å². The maximum Gasteiger partial charge on any atom is 0.326 e. The van der Waals surface area contributed by atoms with Gasteiger partial charge in [-0.1, -0.05) is 98.6 Å². The fourth-order valence-corrected chi connectivity index (χ4v) is 11.5. The summed E-state index contributed by atoms with van der Waals surface area (Å²) in [5.41, 5.74) is 29.3. The number of aliphatic hydroxyl groups is 1. The maximum absolute atomic E-state index is 14.6. The summed E-state index contributed by atoms with van der Waals surface area (Å²) in [6.07, 6.45) is 2.57. The van der Waals surface area contributed by atoms with Gasteiger partial charge in [0.05, 0.1) is 19.1 Å². The van der Waals surface area contributed by atoms with Crippen LogP contribution in [0, 0.1) is 23.7 Å². The van der Waals surface area contributed by atoms with E-state index in [0.717, 1.165) is 0 Å². The number of nitrogens with two attached hydrogens (primary N) is 5. The lowest BCUT2D eigenvalue weighted by Gasteiger charge is -2.30. The molecule has 15 atom stereocenters. The van der Waals surface area contributed by atoms with E-state index in [0.29, 0.717) is 56.3 Å². The number of benzene rings is 1. The predicted octanol–water partition coefficient (Wildman–Crippen LogP) is -2.46. The number of carbonyl (C=O) groups excluding carboxylic acids is 13. The largest absolute Gasteiger partial charge is 0.481 e. The summed E-state index contributed by atoms with van der Waals surface area (Å²) in [4.78, 5) is 205. The molecule has 0 aliphatic rings. The number of amides is 13. The molecule has 36 heteroatoms. The molecule has 0 radical (unpaired) electrons. The van der Waals surface area contributed by atoms with E-state index in [1.807, 2.05) is 6.26 Å². The number of primary amides is 1. The van der Waals surface area contributed by atoms with Crippen LogP contribution in [-0.2, 0) is 78.3 Å². The van der Waals surface area contributed by atoms with E-state index in [2.05, 4.69) is 63.8 Å². The molecule has 0 bridgehead atoms. The van der Waals surface area contributed by atoms with Gasteiger partial charge in [0.1, 0.15) is 72.5 Å². The van der Waals surface area contributed by atoms with E-state index in [4.69, 9.17) is 28.7 Å². The van der Waals surface area contributed by atoms with Gasteiger partial charge >= 0.3 is 11.9 Å². The standard InChI is InChI=1S/C71H123N17O18S/c1-11-41(7)57(87-63(97)48(26-18-21-32-74)78-59(93)43(9)77-60(94)45(75)29-33-107-10)70(104)85-52(36-44-22-14-13-15-23-44)67(101)86-54(38-89)69(103)83-51(35-40(5)6)66(100)79-46(24-16-19-30-72)61(95)82-50(34-39(3)4)65(99)80-47(25-17-20-31-73)62(96)84-53(37-56(91)92)68(102)81-49(27-28-55(76)90)64(98)88-58(71(105)106)42(8)12-2/h13-15,22-23,39-43,45-54,57-58,89H,11-12,16-21,24-38,72-75H2,1-10H3,(H2,76,90)(H,77,94)(H,78,93)(H,79,100)(H,80,99)(H,81,102)(H,82,95)(H,83,103)(H,84,96)(H,85,104)(H,86,101)(H,87,97)(H,88,98)(H,91,92)(H,105,106)/t41-,42-,43-,45-,46-,47-,48-,49-,50-,51-,52-,53-,54-,57-,58-/m0/s1. The highest BCUT2D eigenvalue weighted by molar-refractivity contribution is 7.98. The van der Waals surface area contributed by atoms with Crippen LogP contribution in [0.1, 0.15) is 177 Å². The Balaban J connectivity index is 3.68. The zero-order chi connectivity index (χ0) is 81.0. The molecule has 25 N–H and O–H groups in total. The Kier molecular flexibility index (Phi) is 47.3. The Bertz CT molecular complexity index is 3030. The third-order valence-electron chi connectivity index (χ3n) is 17.8. The summed E-state index contributed by atoms with van der Waals surface area (Å²) in [7, 11) is 0. The summed E-state index contributed by atoms with van der Waals surface area (Å²) in [5, 5.41) is 61.2. The molecule has 606 valence electrons. The van der Waals surface area contributed by atoms with Crippen LogP contribution in [-0.4, -0.2) is 221 Å². The molecule has 0 aliphatic heterocycles. The van der Waals surface area contributed by atoms with E-state index in [9.17, 15) is 87.2 Å². The van der Waals surface area contributed by atoms with Gasteiger partial charge in [0.2, 0.25) is 76.8 Å². The van der Waals surface area contributed by atoms with Crippen LogP contribution < -0.4 is 92.5 Å². The number of aliphatic carboxylic acids is 2. The number of carboxylic acids is 2. The van der Waals surface area contributed by atoms with Crippen molar-refractivity contribution >= 4 is 100 Å². The number of carbonyl (C=O) groups is 15. The second-order valence-electron chi connectivity index (χ2n) is 27.8. The minimum absolute atomic E-state index is 0.0559. The second-order valence-corrected chi connectivity index (χ2v) is 28.8. The molecular formula is C71H123N17O18S. The van der Waals surface area contributed by atoms with E-state index in [-0.39, 0.29) is 82.8 Å². The van der Waals surface area contributed by atoms with Gasteiger partial charge in [-0.05, 0) is 151 Å². The average Bonchev–Trinajstić information content (AvgIpc) is 0.841. The second kappa shape index (κ2) is 52.4. The molecule has 0 aliphatic carbocycles. The minimum Gasteiger partial charge on any atom is -0.481 e. The van der Waals surface area contributed by atoms with E-state index >= 15 is 0 Å². The molecule has 0 saturated heterocycles. The molecule has 1 rings (SSSR count). The molecule has 1 aromatic carbocycles. The number of thioether (sulfide) groups is 1. The Hall–Kier alpha value is -8.58. The quantitative estimate of drug-likeness (QED) is 0.0301. The van der Waals surface area contributed by atoms with E-state index in [1.54, 1.807) is 85.7 Å². The molecule has 0 unspecified atom stereocenters. The first-order valence-electron chi connectivity index (χ1n) is 36.9. The van der Waals surface area contributed by atoms with Crippen molar-refractivity contribution in [3.05, 3.63) is 35.9 Å². The fraction of sp³-hybridized carbons (Fsp3) is 0.704. The highest BCUT2D eigenvalue weighted by atomic mass is 32.2. The van der Waals surface area contributed by atoms with Gasteiger partial charge in [0, 0.05) is 12.8 Å². The van der Waals surface area contributed by atoms with Gasteiger partial charge in [-0.15, -0.1) is 0 Å². The number of carboxylic acid groups (broad SMARTS) is 2. The molecule has 107 heavy (non-hydrogen) atoms. The lowest BCUT2D eigenvalue weighted by molar-refractivity contribution is -0.144. The van der Waals surface area contributed by atoms with Crippen molar-refractivity contribution < 1.29 is 87.2 Å². The Morgan fingerprint density at radius 2 is 0.785 bits per heavy atom. The molecule has 13 amide bonds. The molecule has 0 fully saturated rings. The number of aliphatic hydroxyl groups excluding tert-OH is 1. The van der Waals surface area contributed by atoms with Crippen LogP contribution in [0.3, 0.4) is 0 Å². The monoisotopic (exact) mass is 1530 g/mol. The number of unbranched alkanes of at least 4 members (excludes halogenated alkanes) is 3. The molecular weight excluding hydrogens is 1410 g/mol. The smallest absolute Gasteiger partial charge is 0.326 e. The van der Waals surface area contributed by atoms with E-state index in [1.165, 1.54) is 18.7 Å². The van der Waals surface area contributed by atoms with Crippen LogP contribution >= 0.6 is 11.8 Å². The summed E-state index contributed by atoms with van der Waals surface area (Å²) >= 11 is 1.50. The van der Waals surface area contributed by atoms with Crippen molar-refractivity contribution in [3.8, 4) is 0 Å². The molecule has 35 nitrogen and oxygen atoms in total. The maximum atomic E-state index is 14.6. The summed E-state index contributed by atoms with van der Waals surface area (Å²) in [6, 6.07) is -10.1. The van der Waals surface area contributed by atoms with Crippen molar-refractivity contribution in [3.63, 3.8) is 0 Å². The topological polar surface area (TPSA) is 591 Å². The molecule has 1 aromatic rings. The predicted molar refractivity (Wildman–Crippen MR) is 402 cm³/mol. The number of hydrogen-bond donors (Lipinski definition) is 20. The Morgan fingerprint density at radius 1 is 0.421 bits per heavy atom. The lowest BCUT2D eigenvalue weighted by Crippen LogP contribution is -2.62. The van der Waals surface area contributed by atoms with Crippen LogP contribution in [0.15, 0.2) is 30.3 Å². The molecule has 0 saturated carbocycles. The third-order valence-corrected chi connectivity index (χ3v) is 18.4. The summed E-state index contributed by atoms with van der Waals surface area (Å²) in [6.45, 7) is 14.7. The SMILES string of the molecule is CC[C@H](C)[C@H](NC(=O)[C@H](CCC(N)=O)NC(=O)[C@H](CC(=O)O)NC(=O)[C@H](CCCCN)NC(=O)[C@H](CC(C)C)NC(=O)[C@H](CCCCN)NC(=O)[C@H](CC(C)C)NC(=O)[C@H](CO)NC(=O)[C@H](Cc1ccccc1)NC(=O)[C@@H](NC(=O)[C@H](CCCCN)NC(=O)[C@H](C)NC(=O)[C@@H](N)CCSC)[C@@H](C)CC)C(=O)O. The van der Waals surface area contributed by atoms with Gasteiger partial charge in [-0.2, -0.15) is 11.8 Å². The number of hydrogen-bond acceptors (Lipinski definition) is 21. The van der Waals surface area contributed by atoms with Crippen LogP contribution in [0.25, 0.3) is 0 Å². The van der Waals surface area contributed by atoms with Crippen LogP contribution in [0.4, 0.5) is 0 Å². The molecule has 0 spiro atoms. The summed E-state index contributed by atoms with van der Waals surface area (Å²) < 4.78 is 0. The van der Waals surface area contributed by atoms with Crippen molar-refractivity contribution in [2.45, 2.75) is 256 Å². The Morgan fingerprint density at radius 3 is 1.20 bits per heavy atom. The lowest BCUT2D eigenvalue weighted by atomic mass is 9.96. The first-order chi connectivity index (χ1) is 50.5. The summed E-state index contributed by atoms with van der Waals surface area (Å²) in [5.74, 6) is -15.9. The zero-order valence-electron chi connectivity index (χ0n) is 63.7. The normalized spacial score (nSPS) is 15.5. The highest BCUT2D eigenvalue weighted by Crippen LogP contribution is 2.17. The first-order valence-corrected chi connectivity index (χ1v) is 38.3. The van der Waals surface area contributed by atoms with Crippen molar-refractivity contribution in [1.82, 2.24) is 63.8 Å². The average molecular weight is 1530 g/mol. The van der Waals surface area contributed by atoms with Crippen LogP contribution in [0.5, 0.6) is 0 Å². The third kappa shape index (κ3) is 37.7.